The van der Waals surface area contributed by atoms with Crippen molar-refractivity contribution in [2.24, 2.45) is 0 Å². The van der Waals surface area contributed by atoms with E-state index in [0.29, 0.717) is 15.6 Å². The SMILES string of the molecule is O=C(O)c1sc2cccc(F)c2c1COC1CCCCC1. The van der Waals surface area contributed by atoms with Gasteiger partial charge in [-0.05, 0) is 25.0 Å². The van der Waals surface area contributed by atoms with E-state index in [2.05, 4.69) is 0 Å². The summed E-state index contributed by atoms with van der Waals surface area (Å²) in [6, 6.07) is 4.72. The molecule has 1 N–H and O–H groups in total. The van der Waals surface area contributed by atoms with Crippen LogP contribution in [0.5, 0.6) is 0 Å². The van der Waals surface area contributed by atoms with E-state index in [0.717, 1.165) is 37.0 Å². The maximum atomic E-state index is 14.0. The zero-order valence-electron chi connectivity index (χ0n) is 11.6. The van der Waals surface area contributed by atoms with Crippen molar-refractivity contribution in [3.63, 3.8) is 0 Å². The largest absolute Gasteiger partial charge is 0.477 e. The second kappa shape index (κ2) is 6.12. The number of carboxylic acid groups (broad SMARTS) is 1. The number of carbonyl (C=O) groups is 1. The number of aromatic carboxylic acids is 1. The van der Waals surface area contributed by atoms with Gasteiger partial charge < -0.3 is 9.84 Å². The molecule has 112 valence electrons. The van der Waals surface area contributed by atoms with E-state index in [1.54, 1.807) is 12.1 Å². The summed E-state index contributed by atoms with van der Waals surface area (Å²) in [5.41, 5.74) is 0.478. The van der Waals surface area contributed by atoms with Gasteiger partial charge in [-0.1, -0.05) is 25.3 Å². The molecule has 0 bridgehead atoms. The minimum Gasteiger partial charge on any atom is -0.477 e. The van der Waals surface area contributed by atoms with E-state index in [-0.39, 0.29) is 23.4 Å². The molecule has 0 radical (unpaired) electrons. The minimum absolute atomic E-state index is 0.169. The normalized spacial score (nSPS) is 16.4. The third-order valence-corrected chi connectivity index (χ3v) is 5.16. The van der Waals surface area contributed by atoms with Gasteiger partial charge in [-0.15, -0.1) is 11.3 Å². The molecule has 3 nitrogen and oxygen atoms in total. The molecule has 1 aliphatic rings. The highest BCUT2D eigenvalue weighted by Gasteiger charge is 2.22. The molecule has 1 saturated carbocycles. The second-order valence-corrected chi connectivity index (χ2v) is 6.45. The lowest BCUT2D eigenvalue weighted by atomic mass is 9.98. The third-order valence-electron chi connectivity index (χ3n) is 3.97. The molecule has 3 rings (SSSR count). The molecule has 5 heteroatoms. The maximum Gasteiger partial charge on any atom is 0.346 e. The van der Waals surface area contributed by atoms with E-state index < -0.39 is 5.97 Å². The summed E-state index contributed by atoms with van der Waals surface area (Å²) in [4.78, 5) is 11.6. The molecule has 0 aliphatic heterocycles. The van der Waals surface area contributed by atoms with Gasteiger partial charge in [-0.25, -0.2) is 9.18 Å². The fourth-order valence-electron chi connectivity index (χ4n) is 2.91. The average molecular weight is 308 g/mol. The summed E-state index contributed by atoms with van der Waals surface area (Å²) in [6.45, 7) is 0.174. The summed E-state index contributed by atoms with van der Waals surface area (Å²) >= 11 is 1.11. The monoisotopic (exact) mass is 308 g/mol. The summed E-state index contributed by atoms with van der Waals surface area (Å²) in [7, 11) is 0. The minimum atomic E-state index is -1.02. The van der Waals surface area contributed by atoms with E-state index in [9.17, 15) is 14.3 Å². The summed E-state index contributed by atoms with van der Waals surface area (Å²) in [6.07, 6.45) is 5.71. The van der Waals surface area contributed by atoms with Gasteiger partial charge in [0, 0.05) is 15.6 Å². The Morgan fingerprint density at radius 1 is 1.33 bits per heavy atom. The van der Waals surface area contributed by atoms with Crippen LogP contribution in [0.1, 0.15) is 47.3 Å². The van der Waals surface area contributed by atoms with E-state index >= 15 is 0 Å². The molecule has 21 heavy (non-hydrogen) atoms. The molecule has 0 unspecified atom stereocenters. The molecule has 0 amide bonds. The van der Waals surface area contributed by atoms with Crippen LogP contribution in [0, 0.1) is 5.82 Å². The highest BCUT2D eigenvalue weighted by Crippen LogP contribution is 2.34. The Bertz CT molecular complexity index is 659. The van der Waals surface area contributed by atoms with Crippen LogP contribution < -0.4 is 0 Å². The molecule has 1 aromatic carbocycles. The van der Waals surface area contributed by atoms with Crippen molar-refractivity contribution >= 4 is 27.4 Å². The summed E-state index contributed by atoms with van der Waals surface area (Å²) in [5.74, 6) is -1.39. The van der Waals surface area contributed by atoms with Crippen molar-refractivity contribution in [2.75, 3.05) is 0 Å². The van der Waals surface area contributed by atoms with Gasteiger partial charge in [-0.2, -0.15) is 0 Å². The van der Waals surface area contributed by atoms with Crippen LogP contribution in [-0.4, -0.2) is 17.2 Å². The van der Waals surface area contributed by atoms with Crippen LogP contribution in [0.2, 0.25) is 0 Å². The lowest BCUT2D eigenvalue weighted by Gasteiger charge is -2.22. The number of fused-ring (bicyclic) bond motifs is 1. The number of carboxylic acids is 1. The Balaban J connectivity index is 1.91. The van der Waals surface area contributed by atoms with Crippen molar-refractivity contribution in [2.45, 2.75) is 44.8 Å². The number of rotatable bonds is 4. The van der Waals surface area contributed by atoms with Crippen molar-refractivity contribution in [3.8, 4) is 0 Å². The van der Waals surface area contributed by atoms with Crippen molar-refractivity contribution in [1.29, 1.82) is 0 Å². The standard InChI is InChI=1S/C16H17FO3S/c17-12-7-4-8-13-14(12)11(15(21-13)16(18)19)9-20-10-5-2-1-3-6-10/h4,7-8,10H,1-3,5-6,9H2,(H,18,19). The zero-order chi connectivity index (χ0) is 14.8. The molecule has 1 aliphatic carbocycles. The highest BCUT2D eigenvalue weighted by atomic mass is 32.1. The highest BCUT2D eigenvalue weighted by molar-refractivity contribution is 7.21. The Labute approximate surface area is 126 Å². The molecule has 1 fully saturated rings. The number of ether oxygens (including phenoxy) is 1. The number of hydrogen-bond donors (Lipinski definition) is 1. The summed E-state index contributed by atoms with van der Waals surface area (Å²) < 4.78 is 20.6. The molecule has 1 aromatic heterocycles. The predicted molar refractivity (Wildman–Crippen MR) is 80.4 cm³/mol. The Hall–Kier alpha value is -1.46. The van der Waals surface area contributed by atoms with Crippen molar-refractivity contribution < 1.29 is 19.0 Å². The first-order chi connectivity index (χ1) is 10.2. The molecule has 0 atom stereocenters. The van der Waals surface area contributed by atoms with Crippen LogP contribution in [0.4, 0.5) is 4.39 Å². The zero-order valence-corrected chi connectivity index (χ0v) is 12.4. The number of benzene rings is 1. The van der Waals surface area contributed by atoms with Crippen LogP contribution in [-0.2, 0) is 11.3 Å². The topological polar surface area (TPSA) is 46.5 Å². The quantitative estimate of drug-likeness (QED) is 0.898. The molecule has 2 aromatic rings. The van der Waals surface area contributed by atoms with Crippen LogP contribution in [0.3, 0.4) is 0 Å². The maximum absolute atomic E-state index is 14.0. The van der Waals surface area contributed by atoms with Gasteiger partial charge in [0.1, 0.15) is 10.7 Å². The van der Waals surface area contributed by atoms with Crippen LogP contribution in [0.25, 0.3) is 10.1 Å². The van der Waals surface area contributed by atoms with E-state index in [1.807, 2.05) is 0 Å². The number of thiophene rings is 1. The lowest BCUT2D eigenvalue weighted by molar-refractivity contribution is 0.0169. The van der Waals surface area contributed by atoms with Crippen molar-refractivity contribution in [3.05, 3.63) is 34.5 Å². The molecular formula is C16H17FO3S. The van der Waals surface area contributed by atoms with Crippen molar-refractivity contribution in [1.82, 2.24) is 0 Å². The van der Waals surface area contributed by atoms with Gasteiger partial charge >= 0.3 is 5.97 Å². The number of hydrogen-bond acceptors (Lipinski definition) is 3. The fourth-order valence-corrected chi connectivity index (χ4v) is 3.97. The molecule has 0 spiro atoms. The Morgan fingerprint density at radius 2 is 2.10 bits per heavy atom. The smallest absolute Gasteiger partial charge is 0.346 e. The Kier molecular flexibility index (Phi) is 4.22. The summed E-state index contributed by atoms with van der Waals surface area (Å²) in [5, 5.41) is 9.73. The predicted octanol–water partition coefficient (Wildman–Crippen LogP) is 4.59. The molecule has 1 heterocycles. The first-order valence-electron chi connectivity index (χ1n) is 7.21. The molecular weight excluding hydrogens is 291 g/mol. The molecule has 0 saturated heterocycles. The van der Waals surface area contributed by atoms with E-state index in [4.69, 9.17) is 4.74 Å². The second-order valence-electron chi connectivity index (χ2n) is 5.40. The van der Waals surface area contributed by atoms with Gasteiger partial charge in [0.15, 0.2) is 0 Å². The van der Waals surface area contributed by atoms with Crippen LogP contribution in [0.15, 0.2) is 18.2 Å². The number of halogens is 1. The first-order valence-corrected chi connectivity index (χ1v) is 8.03. The Morgan fingerprint density at radius 3 is 2.81 bits per heavy atom. The van der Waals surface area contributed by atoms with Crippen LogP contribution >= 0.6 is 11.3 Å². The van der Waals surface area contributed by atoms with Gasteiger partial charge in [0.2, 0.25) is 0 Å². The van der Waals surface area contributed by atoms with Gasteiger partial charge in [-0.3, -0.25) is 0 Å². The average Bonchev–Trinajstić information content (AvgIpc) is 2.86. The van der Waals surface area contributed by atoms with Gasteiger partial charge in [0.05, 0.1) is 12.7 Å². The first kappa shape index (κ1) is 14.5. The van der Waals surface area contributed by atoms with Gasteiger partial charge in [0.25, 0.3) is 0 Å². The third kappa shape index (κ3) is 2.94. The lowest BCUT2D eigenvalue weighted by Crippen LogP contribution is -2.16. The van der Waals surface area contributed by atoms with E-state index in [1.165, 1.54) is 12.5 Å². The fraction of sp³-hybridized carbons (Fsp3) is 0.438.